The molecule has 0 aliphatic carbocycles. The monoisotopic (exact) mass is 155 g/mol. The molecule has 0 radical (unpaired) electrons. The van der Waals surface area contributed by atoms with Crippen molar-refractivity contribution < 1.29 is 9.53 Å². The van der Waals surface area contributed by atoms with E-state index in [1.54, 1.807) is 0 Å². The van der Waals surface area contributed by atoms with E-state index in [2.05, 4.69) is 5.32 Å². The molecular weight excluding hydrogens is 142 g/mol. The second-order valence-corrected chi connectivity index (χ2v) is 4.08. The lowest BCUT2D eigenvalue weighted by Gasteiger charge is -2.38. The maximum absolute atomic E-state index is 10.7. The SMILES string of the molecule is CC1(C=O)CNC2(COC2)C1. The van der Waals surface area contributed by atoms with Crippen molar-refractivity contribution in [3.05, 3.63) is 0 Å². The Morgan fingerprint density at radius 1 is 1.55 bits per heavy atom. The zero-order valence-electron chi connectivity index (χ0n) is 6.72. The highest BCUT2D eigenvalue weighted by atomic mass is 16.5. The minimum absolute atomic E-state index is 0.148. The van der Waals surface area contributed by atoms with Crippen LogP contribution in [0.15, 0.2) is 0 Å². The van der Waals surface area contributed by atoms with Gasteiger partial charge in [-0.25, -0.2) is 0 Å². The average Bonchev–Trinajstić information content (AvgIpc) is 2.29. The molecule has 1 N–H and O–H groups in total. The number of rotatable bonds is 1. The van der Waals surface area contributed by atoms with Gasteiger partial charge in [-0.05, 0) is 6.42 Å². The van der Waals surface area contributed by atoms with Crippen LogP contribution in [0.2, 0.25) is 0 Å². The van der Waals surface area contributed by atoms with Gasteiger partial charge >= 0.3 is 0 Å². The first-order chi connectivity index (χ1) is 5.18. The van der Waals surface area contributed by atoms with Crippen LogP contribution < -0.4 is 5.32 Å². The molecule has 3 heteroatoms. The smallest absolute Gasteiger partial charge is 0.127 e. The van der Waals surface area contributed by atoms with Gasteiger partial charge in [0.25, 0.3) is 0 Å². The summed E-state index contributed by atoms with van der Waals surface area (Å²) in [5, 5.41) is 3.35. The van der Waals surface area contributed by atoms with Crippen LogP contribution in [0.5, 0.6) is 0 Å². The van der Waals surface area contributed by atoms with E-state index < -0.39 is 0 Å². The van der Waals surface area contributed by atoms with E-state index in [0.717, 1.165) is 32.5 Å². The Hall–Kier alpha value is -0.410. The molecule has 0 aromatic carbocycles. The highest BCUT2D eigenvalue weighted by molar-refractivity contribution is 5.60. The molecule has 1 atom stereocenters. The number of aldehydes is 1. The molecule has 11 heavy (non-hydrogen) atoms. The van der Waals surface area contributed by atoms with Crippen LogP contribution >= 0.6 is 0 Å². The standard InChI is InChI=1S/C8H13NO2/c1-7(4-10)2-8(9-3-7)5-11-6-8/h4,9H,2-3,5-6H2,1H3. The van der Waals surface area contributed by atoms with Crippen molar-refractivity contribution >= 4 is 6.29 Å². The summed E-state index contributed by atoms with van der Waals surface area (Å²) in [7, 11) is 0. The fraction of sp³-hybridized carbons (Fsp3) is 0.875. The second kappa shape index (κ2) is 2.05. The molecule has 2 aliphatic heterocycles. The van der Waals surface area contributed by atoms with E-state index in [-0.39, 0.29) is 11.0 Å². The van der Waals surface area contributed by atoms with Gasteiger partial charge in [0, 0.05) is 12.0 Å². The number of hydrogen-bond acceptors (Lipinski definition) is 3. The zero-order valence-corrected chi connectivity index (χ0v) is 6.72. The zero-order chi connectivity index (χ0) is 7.95. The van der Waals surface area contributed by atoms with Crippen molar-refractivity contribution in [2.24, 2.45) is 5.41 Å². The van der Waals surface area contributed by atoms with E-state index in [1.807, 2.05) is 6.92 Å². The first-order valence-corrected chi connectivity index (χ1v) is 3.97. The van der Waals surface area contributed by atoms with Crippen LogP contribution in [-0.2, 0) is 9.53 Å². The predicted octanol–water partition coefficient (Wildman–Crippen LogP) is -0.0461. The first kappa shape index (κ1) is 7.25. The fourth-order valence-corrected chi connectivity index (χ4v) is 1.92. The number of carbonyl (C=O) groups excluding carboxylic acids is 1. The summed E-state index contributed by atoms with van der Waals surface area (Å²) < 4.78 is 5.12. The molecule has 0 bridgehead atoms. The van der Waals surface area contributed by atoms with E-state index in [0.29, 0.717) is 0 Å². The predicted molar refractivity (Wildman–Crippen MR) is 40.3 cm³/mol. The van der Waals surface area contributed by atoms with Crippen LogP contribution in [-0.4, -0.2) is 31.6 Å². The molecule has 2 aliphatic rings. The topological polar surface area (TPSA) is 38.3 Å². The van der Waals surface area contributed by atoms with Crippen molar-refractivity contribution in [2.75, 3.05) is 19.8 Å². The minimum Gasteiger partial charge on any atom is -0.377 e. The van der Waals surface area contributed by atoms with Crippen LogP contribution in [0.3, 0.4) is 0 Å². The summed E-state index contributed by atoms with van der Waals surface area (Å²) in [5.41, 5.74) is -0.000556. The van der Waals surface area contributed by atoms with Gasteiger partial charge in [0.15, 0.2) is 0 Å². The Morgan fingerprint density at radius 2 is 2.27 bits per heavy atom. The van der Waals surface area contributed by atoms with E-state index in [4.69, 9.17) is 4.74 Å². The molecule has 0 saturated carbocycles. The maximum Gasteiger partial charge on any atom is 0.127 e. The van der Waals surface area contributed by atoms with Gasteiger partial charge < -0.3 is 14.8 Å². The van der Waals surface area contributed by atoms with Crippen molar-refractivity contribution in [3.8, 4) is 0 Å². The van der Waals surface area contributed by atoms with Crippen molar-refractivity contribution in [2.45, 2.75) is 18.9 Å². The molecule has 0 aromatic heterocycles. The largest absolute Gasteiger partial charge is 0.377 e. The highest BCUT2D eigenvalue weighted by Crippen LogP contribution is 2.37. The average molecular weight is 155 g/mol. The van der Waals surface area contributed by atoms with Gasteiger partial charge in [-0.15, -0.1) is 0 Å². The van der Waals surface area contributed by atoms with Crippen LogP contribution in [0.25, 0.3) is 0 Å². The van der Waals surface area contributed by atoms with E-state index in [9.17, 15) is 4.79 Å². The Bertz CT molecular complexity index is 189. The van der Waals surface area contributed by atoms with Crippen LogP contribution in [0.4, 0.5) is 0 Å². The fourth-order valence-electron chi connectivity index (χ4n) is 1.92. The normalized spacial score (nSPS) is 40.5. The molecular formula is C8H13NO2. The third-order valence-corrected chi connectivity index (χ3v) is 2.65. The lowest BCUT2D eigenvalue weighted by atomic mass is 9.82. The van der Waals surface area contributed by atoms with Crippen LogP contribution in [0.1, 0.15) is 13.3 Å². The second-order valence-electron chi connectivity index (χ2n) is 4.08. The Labute approximate surface area is 66.1 Å². The maximum atomic E-state index is 10.7. The van der Waals surface area contributed by atoms with Gasteiger partial charge in [0.2, 0.25) is 0 Å². The summed E-state index contributed by atoms with van der Waals surface area (Å²) in [6.07, 6.45) is 2.00. The van der Waals surface area contributed by atoms with E-state index in [1.165, 1.54) is 0 Å². The minimum atomic E-state index is -0.149. The quantitative estimate of drug-likeness (QED) is 0.540. The molecule has 3 nitrogen and oxygen atoms in total. The van der Waals surface area contributed by atoms with Gasteiger partial charge in [0.05, 0.1) is 18.8 Å². The third-order valence-electron chi connectivity index (χ3n) is 2.65. The molecule has 2 heterocycles. The molecule has 62 valence electrons. The summed E-state index contributed by atoms with van der Waals surface area (Å²) >= 11 is 0. The first-order valence-electron chi connectivity index (χ1n) is 3.97. The summed E-state index contributed by atoms with van der Waals surface area (Å²) in [4.78, 5) is 10.7. The Kier molecular flexibility index (Phi) is 1.35. The molecule has 2 fully saturated rings. The molecule has 0 aromatic rings. The Balaban J connectivity index is 2.08. The summed E-state index contributed by atoms with van der Waals surface area (Å²) in [6, 6.07) is 0. The molecule has 2 rings (SSSR count). The van der Waals surface area contributed by atoms with Crippen LogP contribution in [0, 0.1) is 5.41 Å². The third kappa shape index (κ3) is 0.993. The van der Waals surface area contributed by atoms with Crippen molar-refractivity contribution in [1.29, 1.82) is 0 Å². The Morgan fingerprint density at radius 3 is 2.55 bits per heavy atom. The number of ether oxygens (including phenoxy) is 1. The van der Waals surface area contributed by atoms with Crippen molar-refractivity contribution in [3.63, 3.8) is 0 Å². The van der Waals surface area contributed by atoms with Gasteiger partial charge in [-0.2, -0.15) is 0 Å². The lowest BCUT2D eigenvalue weighted by Crippen LogP contribution is -2.56. The molecule has 0 amide bonds. The molecule has 1 spiro atoms. The number of hydrogen-bond donors (Lipinski definition) is 1. The summed E-state index contributed by atoms with van der Waals surface area (Å²) in [6.45, 7) is 4.35. The van der Waals surface area contributed by atoms with Gasteiger partial charge in [0.1, 0.15) is 6.29 Å². The highest BCUT2D eigenvalue weighted by Gasteiger charge is 2.49. The van der Waals surface area contributed by atoms with Crippen molar-refractivity contribution in [1.82, 2.24) is 5.32 Å². The molecule has 1 unspecified atom stereocenters. The lowest BCUT2D eigenvalue weighted by molar-refractivity contribution is -0.116. The van der Waals surface area contributed by atoms with E-state index >= 15 is 0 Å². The van der Waals surface area contributed by atoms with Gasteiger partial charge in [-0.3, -0.25) is 0 Å². The molecule has 2 saturated heterocycles. The van der Waals surface area contributed by atoms with Gasteiger partial charge in [-0.1, -0.05) is 6.92 Å². The summed E-state index contributed by atoms with van der Waals surface area (Å²) in [5.74, 6) is 0. The number of nitrogens with one attached hydrogen (secondary N) is 1. The number of carbonyl (C=O) groups is 1.